The van der Waals surface area contributed by atoms with E-state index in [1.54, 1.807) is 6.92 Å². The van der Waals surface area contributed by atoms with Crippen LogP contribution in [0.1, 0.15) is 6.92 Å². The van der Waals surface area contributed by atoms with Crippen LogP contribution in [-0.4, -0.2) is 22.1 Å². The summed E-state index contributed by atoms with van der Waals surface area (Å²) >= 11 is 0. The van der Waals surface area contributed by atoms with Crippen LogP contribution >= 0.6 is 0 Å². The molecule has 0 aliphatic heterocycles. The van der Waals surface area contributed by atoms with Gasteiger partial charge in [-0.25, -0.2) is 4.98 Å². The smallest absolute Gasteiger partial charge is 0.325 e. The lowest BCUT2D eigenvalue weighted by molar-refractivity contribution is -0.137. The Bertz CT molecular complexity index is 799. The van der Waals surface area contributed by atoms with Crippen LogP contribution in [0.2, 0.25) is 0 Å². The number of para-hydroxylation sites is 1. The molecule has 1 atom stereocenters. The molecule has 1 aromatic heterocycles. The number of hydrogen-bond donors (Lipinski definition) is 2. The highest BCUT2D eigenvalue weighted by atomic mass is 16.4. The molecule has 0 spiro atoms. The quantitative estimate of drug-likeness (QED) is 0.714. The van der Waals surface area contributed by atoms with E-state index in [-0.39, 0.29) is 0 Å². The molecule has 0 saturated carbocycles. The Morgan fingerprint density at radius 2 is 1.85 bits per heavy atom. The van der Waals surface area contributed by atoms with Crippen molar-refractivity contribution in [3.63, 3.8) is 0 Å². The van der Waals surface area contributed by atoms with Gasteiger partial charge in [-0.15, -0.1) is 0 Å². The number of rotatable bonds is 3. The molecular weight excluding hydrogens is 252 g/mol. The minimum atomic E-state index is -0.873. The molecule has 1 unspecified atom stereocenters. The zero-order chi connectivity index (χ0) is 14.1. The zero-order valence-electron chi connectivity index (χ0n) is 11.0. The summed E-state index contributed by atoms with van der Waals surface area (Å²) in [6, 6.07) is 15.1. The van der Waals surface area contributed by atoms with Gasteiger partial charge < -0.3 is 10.4 Å². The number of benzene rings is 2. The second kappa shape index (κ2) is 4.81. The maximum Gasteiger partial charge on any atom is 0.325 e. The second-order valence-electron chi connectivity index (χ2n) is 4.79. The molecular formula is C16H14N2O2. The first-order valence-electron chi connectivity index (χ1n) is 6.42. The number of carbonyl (C=O) groups is 1. The van der Waals surface area contributed by atoms with Gasteiger partial charge in [-0.2, -0.15) is 0 Å². The van der Waals surface area contributed by atoms with Crippen molar-refractivity contribution in [1.82, 2.24) is 4.98 Å². The van der Waals surface area contributed by atoms with Gasteiger partial charge in [-0.3, -0.25) is 4.79 Å². The summed E-state index contributed by atoms with van der Waals surface area (Å²) in [5.74, 6) is -0.873. The average Bonchev–Trinajstić information content (AvgIpc) is 2.45. The molecule has 0 saturated heterocycles. The van der Waals surface area contributed by atoms with Crippen LogP contribution in [0.25, 0.3) is 21.8 Å². The lowest BCUT2D eigenvalue weighted by Crippen LogP contribution is -2.25. The van der Waals surface area contributed by atoms with Crippen LogP contribution in [0.15, 0.2) is 48.5 Å². The lowest BCUT2D eigenvalue weighted by atomic mass is 10.1. The maximum atomic E-state index is 10.9. The standard InChI is InChI=1S/C16H14N2O2/c1-10(16(19)20)17-13-6-7-15-12(9-13)8-11-4-2-3-5-14(11)18-15/h2-10,17H,1H3,(H,19,20). The van der Waals surface area contributed by atoms with Crippen molar-refractivity contribution in [3.8, 4) is 0 Å². The van der Waals surface area contributed by atoms with Gasteiger partial charge in [0.1, 0.15) is 6.04 Å². The molecule has 0 amide bonds. The molecule has 3 aromatic rings. The van der Waals surface area contributed by atoms with Crippen LogP contribution in [0.3, 0.4) is 0 Å². The molecule has 2 aromatic carbocycles. The number of nitrogens with one attached hydrogen (secondary N) is 1. The fraction of sp³-hybridized carbons (Fsp3) is 0.125. The van der Waals surface area contributed by atoms with E-state index in [4.69, 9.17) is 5.11 Å². The van der Waals surface area contributed by atoms with Gasteiger partial charge in [0, 0.05) is 16.5 Å². The Morgan fingerprint density at radius 1 is 1.10 bits per heavy atom. The number of carboxylic acid groups (broad SMARTS) is 1. The van der Waals surface area contributed by atoms with Crippen LogP contribution < -0.4 is 5.32 Å². The number of nitrogens with zero attached hydrogens (tertiary/aromatic N) is 1. The molecule has 0 fully saturated rings. The van der Waals surface area contributed by atoms with Crippen LogP contribution in [0.4, 0.5) is 5.69 Å². The number of aliphatic carboxylic acids is 1. The number of pyridine rings is 1. The molecule has 3 rings (SSSR count). The largest absolute Gasteiger partial charge is 0.480 e. The summed E-state index contributed by atoms with van der Waals surface area (Å²) in [4.78, 5) is 15.5. The van der Waals surface area contributed by atoms with Crippen molar-refractivity contribution in [2.24, 2.45) is 0 Å². The van der Waals surface area contributed by atoms with Crippen LogP contribution in [0, 0.1) is 0 Å². The first-order valence-corrected chi connectivity index (χ1v) is 6.42. The number of aromatic nitrogens is 1. The molecule has 4 nitrogen and oxygen atoms in total. The number of hydrogen-bond acceptors (Lipinski definition) is 3. The van der Waals surface area contributed by atoms with Gasteiger partial charge in [0.25, 0.3) is 0 Å². The second-order valence-corrected chi connectivity index (χ2v) is 4.79. The predicted octanol–water partition coefficient (Wildman–Crippen LogP) is 3.27. The van der Waals surface area contributed by atoms with E-state index in [0.29, 0.717) is 0 Å². The molecule has 20 heavy (non-hydrogen) atoms. The highest BCUT2D eigenvalue weighted by Crippen LogP contribution is 2.22. The van der Waals surface area contributed by atoms with E-state index < -0.39 is 12.0 Å². The van der Waals surface area contributed by atoms with Crippen molar-refractivity contribution in [3.05, 3.63) is 48.5 Å². The zero-order valence-corrected chi connectivity index (χ0v) is 11.0. The molecule has 0 bridgehead atoms. The molecule has 2 N–H and O–H groups in total. The maximum absolute atomic E-state index is 10.9. The van der Waals surface area contributed by atoms with Gasteiger partial charge in [0.2, 0.25) is 0 Å². The summed E-state index contributed by atoms with van der Waals surface area (Å²) in [5.41, 5.74) is 2.64. The number of anilines is 1. The van der Waals surface area contributed by atoms with Gasteiger partial charge in [0.05, 0.1) is 11.0 Å². The summed E-state index contributed by atoms with van der Waals surface area (Å²) in [7, 11) is 0. The monoisotopic (exact) mass is 266 g/mol. The normalized spacial score (nSPS) is 12.4. The first kappa shape index (κ1) is 12.4. The molecule has 1 heterocycles. The summed E-state index contributed by atoms with van der Waals surface area (Å²) in [6.45, 7) is 1.62. The van der Waals surface area contributed by atoms with Gasteiger partial charge in [-0.05, 0) is 37.3 Å². The molecule has 4 heteroatoms. The molecule has 0 aliphatic carbocycles. The average molecular weight is 266 g/mol. The Balaban J connectivity index is 2.06. The number of fused-ring (bicyclic) bond motifs is 2. The van der Waals surface area contributed by atoms with Gasteiger partial charge in [0.15, 0.2) is 0 Å². The van der Waals surface area contributed by atoms with Crippen molar-refractivity contribution in [2.75, 3.05) is 5.32 Å². The Kier molecular flexibility index (Phi) is 2.99. The Morgan fingerprint density at radius 3 is 2.65 bits per heavy atom. The summed E-state index contributed by atoms with van der Waals surface area (Å²) < 4.78 is 0. The fourth-order valence-corrected chi connectivity index (χ4v) is 2.18. The van der Waals surface area contributed by atoms with Crippen molar-refractivity contribution < 1.29 is 9.90 Å². The van der Waals surface area contributed by atoms with Crippen LogP contribution in [-0.2, 0) is 4.79 Å². The Hall–Kier alpha value is -2.62. The first-order chi connectivity index (χ1) is 9.63. The van der Waals surface area contributed by atoms with Crippen molar-refractivity contribution in [1.29, 1.82) is 0 Å². The topological polar surface area (TPSA) is 62.2 Å². The fourth-order valence-electron chi connectivity index (χ4n) is 2.18. The minimum Gasteiger partial charge on any atom is -0.480 e. The number of carboxylic acids is 1. The minimum absolute atomic E-state index is 0.624. The summed E-state index contributed by atoms with van der Waals surface area (Å²) in [6.07, 6.45) is 0. The highest BCUT2D eigenvalue weighted by molar-refractivity contribution is 5.94. The third-order valence-corrected chi connectivity index (χ3v) is 3.27. The van der Waals surface area contributed by atoms with Crippen molar-refractivity contribution >= 4 is 33.5 Å². The van der Waals surface area contributed by atoms with Crippen molar-refractivity contribution in [2.45, 2.75) is 13.0 Å². The third-order valence-electron chi connectivity index (χ3n) is 3.27. The van der Waals surface area contributed by atoms with E-state index in [2.05, 4.69) is 16.4 Å². The van der Waals surface area contributed by atoms with Gasteiger partial charge in [-0.1, -0.05) is 18.2 Å². The molecule has 0 radical (unpaired) electrons. The van der Waals surface area contributed by atoms with E-state index in [1.165, 1.54) is 0 Å². The molecule has 100 valence electrons. The van der Waals surface area contributed by atoms with Gasteiger partial charge >= 0.3 is 5.97 Å². The SMILES string of the molecule is CC(Nc1ccc2nc3ccccc3cc2c1)C(=O)O. The molecule has 0 aliphatic rings. The van der Waals surface area contributed by atoms with E-state index in [9.17, 15) is 4.79 Å². The van der Waals surface area contributed by atoms with E-state index in [1.807, 2.05) is 42.5 Å². The lowest BCUT2D eigenvalue weighted by Gasteiger charge is -2.11. The third kappa shape index (κ3) is 2.28. The van der Waals surface area contributed by atoms with Crippen LogP contribution in [0.5, 0.6) is 0 Å². The Labute approximate surface area is 116 Å². The predicted molar refractivity (Wildman–Crippen MR) is 80.0 cm³/mol. The van der Waals surface area contributed by atoms with E-state index >= 15 is 0 Å². The summed E-state index contributed by atoms with van der Waals surface area (Å²) in [5, 5.41) is 13.9. The van der Waals surface area contributed by atoms with E-state index in [0.717, 1.165) is 27.5 Å². The highest BCUT2D eigenvalue weighted by Gasteiger charge is 2.10.